The number of aromatic nitrogens is 2. The van der Waals surface area contributed by atoms with Gasteiger partial charge in [0.25, 0.3) is 0 Å². The number of carbonyl (C=O) groups excluding carboxylic acids is 1. The highest BCUT2D eigenvalue weighted by Gasteiger charge is 1.99. The first kappa shape index (κ1) is 17.9. The lowest BCUT2D eigenvalue weighted by atomic mass is 10.3. The van der Waals surface area contributed by atoms with Gasteiger partial charge in [0.05, 0.1) is 11.9 Å². The van der Waals surface area contributed by atoms with Crippen LogP contribution in [-0.4, -0.2) is 35.4 Å². The van der Waals surface area contributed by atoms with Crippen LogP contribution in [0.1, 0.15) is 31.7 Å². The minimum atomic E-state index is -0.101. The Labute approximate surface area is 143 Å². The second-order valence-electron chi connectivity index (χ2n) is 5.50. The Morgan fingerprint density at radius 2 is 2.04 bits per heavy atom. The zero-order chi connectivity index (χ0) is 17.0. The van der Waals surface area contributed by atoms with Crippen molar-refractivity contribution in [1.82, 2.24) is 15.1 Å². The third kappa shape index (κ3) is 6.38. The van der Waals surface area contributed by atoms with Gasteiger partial charge in [-0.05, 0) is 31.1 Å². The Kier molecular flexibility index (Phi) is 7.77. The predicted molar refractivity (Wildman–Crippen MR) is 96.0 cm³/mol. The largest absolute Gasteiger partial charge is 0.381 e. The molecule has 0 unspecified atom stereocenters. The fourth-order valence-electron chi connectivity index (χ4n) is 2.11. The number of nitrogens with zero attached hydrogens (tertiary/aromatic N) is 2. The molecule has 5 heteroatoms. The molecule has 0 saturated heterocycles. The quantitative estimate of drug-likeness (QED) is 0.538. The number of unbranched alkanes of at least 4 members (excludes halogenated alkanes) is 1. The molecule has 0 radical (unpaired) electrons. The van der Waals surface area contributed by atoms with Gasteiger partial charge in [0.15, 0.2) is 0 Å². The highest BCUT2D eigenvalue weighted by molar-refractivity contribution is 5.91. The van der Waals surface area contributed by atoms with Gasteiger partial charge in [0.2, 0.25) is 5.91 Å². The standard InChI is InChI=1S/C19H25N3O2/c1-2-3-13-24-14-7-12-20-19(23)11-10-17-15-21-22(16-17)18-8-5-4-6-9-18/h4-6,8-11,15-16H,2-3,7,12-14H2,1H3,(H,20,23)/b11-10+. The maximum Gasteiger partial charge on any atom is 0.244 e. The molecule has 0 aliphatic rings. The van der Waals surface area contributed by atoms with Crippen molar-refractivity contribution in [1.29, 1.82) is 0 Å². The minimum Gasteiger partial charge on any atom is -0.381 e. The highest BCUT2D eigenvalue weighted by Crippen LogP contribution is 2.08. The molecular weight excluding hydrogens is 302 g/mol. The van der Waals surface area contributed by atoms with E-state index < -0.39 is 0 Å². The van der Waals surface area contributed by atoms with Crippen molar-refractivity contribution < 1.29 is 9.53 Å². The number of hydrogen-bond acceptors (Lipinski definition) is 3. The molecule has 2 rings (SSSR count). The van der Waals surface area contributed by atoms with Crippen molar-refractivity contribution in [2.75, 3.05) is 19.8 Å². The molecule has 0 fully saturated rings. The van der Waals surface area contributed by atoms with E-state index in [1.54, 1.807) is 17.0 Å². The summed E-state index contributed by atoms with van der Waals surface area (Å²) < 4.78 is 7.23. The number of rotatable bonds is 10. The molecule has 0 atom stereocenters. The Balaban J connectivity index is 1.69. The number of carbonyl (C=O) groups is 1. The summed E-state index contributed by atoms with van der Waals surface area (Å²) in [6, 6.07) is 9.86. The van der Waals surface area contributed by atoms with Gasteiger partial charge in [-0.3, -0.25) is 4.79 Å². The third-order valence-electron chi connectivity index (χ3n) is 3.46. The maximum absolute atomic E-state index is 11.8. The Morgan fingerprint density at radius 1 is 1.25 bits per heavy atom. The Hall–Kier alpha value is -2.40. The van der Waals surface area contributed by atoms with E-state index in [-0.39, 0.29) is 5.91 Å². The zero-order valence-corrected chi connectivity index (χ0v) is 14.1. The third-order valence-corrected chi connectivity index (χ3v) is 3.46. The van der Waals surface area contributed by atoms with E-state index in [9.17, 15) is 4.79 Å². The number of hydrogen-bond donors (Lipinski definition) is 1. The van der Waals surface area contributed by atoms with Crippen LogP contribution >= 0.6 is 0 Å². The van der Waals surface area contributed by atoms with Gasteiger partial charge in [0.1, 0.15) is 0 Å². The number of nitrogens with one attached hydrogen (secondary N) is 1. The second-order valence-corrected chi connectivity index (χ2v) is 5.50. The van der Waals surface area contributed by atoms with Crippen LogP contribution < -0.4 is 5.32 Å². The molecule has 24 heavy (non-hydrogen) atoms. The molecule has 1 heterocycles. The molecule has 1 aromatic heterocycles. The van der Waals surface area contributed by atoms with E-state index in [2.05, 4.69) is 17.3 Å². The average molecular weight is 327 g/mol. The van der Waals surface area contributed by atoms with E-state index in [0.29, 0.717) is 13.2 Å². The summed E-state index contributed by atoms with van der Waals surface area (Å²) in [4.78, 5) is 11.8. The van der Waals surface area contributed by atoms with Crippen molar-refractivity contribution in [3.63, 3.8) is 0 Å². The summed E-state index contributed by atoms with van der Waals surface area (Å²) in [7, 11) is 0. The van der Waals surface area contributed by atoms with Crippen LogP contribution in [0.3, 0.4) is 0 Å². The molecule has 0 saturated carbocycles. The molecule has 5 nitrogen and oxygen atoms in total. The van der Waals surface area contributed by atoms with E-state index >= 15 is 0 Å². The molecule has 0 aliphatic carbocycles. The van der Waals surface area contributed by atoms with Crippen molar-refractivity contribution >= 4 is 12.0 Å². The lowest BCUT2D eigenvalue weighted by Gasteiger charge is -2.03. The molecule has 0 spiro atoms. The molecule has 128 valence electrons. The second kappa shape index (κ2) is 10.4. The Bertz CT molecular complexity index is 635. The fraction of sp³-hybridized carbons (Fsp3) is 0.368. The van der Waals surface area contributed by atoms with E-state index in [1.807, 2.05) is 36.5 Å². The van der Waals surface area contributed by atoms with Gasteiger partial charge in [-0.2, -0.15) is 5.10 Å². The smallest absolute Gasteiger partial charge is 0.244 e. The highest BCUT2D eigenvalue weighted by atomic mass is 16.5. The molecule has 1 amide bonds. The van der Waals surface area contributed by atoms with Crippen LogP contribution in [0.15, 0.2) is 48.8 Å². The van der Waals surface area contributed by atoms with Crippen LogP contribution in [0.4, 0.5) is 0 Å². The summed E-state index contributed by atoms with van der Waals surface area (Å²) in [5.41, 5.74) is 1.88. The number of amides is 1. The lowest BCUT2D eigenvalue weighted by molar-refractivity contribution is -0.116. The van der Waals surface area contributed by atoms with Crippen LogP contribution in [0, 0.1) is 0 Å². The summed E-state index contributed by atoms with van der Waals surface area (Å²) in [5, 5.41) is 7.14. The van der Waals surface area contributed by atoms with Crippen molar-refractivity contribution in [3.05, 3.63) is 54.4 Å². The van der Waals surface area contributed by atoms with Crippen LogP contribution in [0.25, 0.3) is 11.8 Å². The van der Waals surface area contributed by atoms with Crippen LogP contribution in [-0.2, 0) is 9.53 Å². The SMILES string of the molecule is CCCCOCCCNC(=O)/C=C/c1cnn(-c2ccccc2)c1. The van der Waals surface area contributed by atoms with Gasteiger partial charge in [-0.25, -0.2) is 4.68 Å². The topological polar surface area (TPSA) is 56.1 Å². The van der Waals surface area contributed by atoms with Crippen LogP contribution in [0.5, 0.6) is 0 Å². The number of ether oxygens (including phenoxy) is 1. The van der Waals surface area contributed by atoms with Crippen molar-refractivity contribution in [2.45, 2.75) is 26.2 Å². The maximum atomic E-state index is 11.8. The van der Waals surface area contributed by atoms with Crippen molar-refractivity contribution in [3.8, 4) is 5.69 Å². The predicted octanol–water partition coefficient (Wildman–Crippen LogP) is 3.21. The van der Waals surface area contributed by atoms with Crippen LogP contribution in [0.2, 0.25) is 0 Å². The summed E-state index contributed by atoms with van der Waals surface area (Å²) in [6.45, 7) is 4.25. The summed E-state index contributed by atoms with van der Waals surface area (Å²) in [5.74, 6) is -0.101. The molecule has 0 aliphatic heterocycles. The average Bonchev–Trinajstić information content (AvgIpc) is 3.09. The summed E-state index contributed by atoms with van der Waals surface area (Å²) >= 11 is 0. The normalized spacial score (nSPS) is 11.0. The molecule has 1 N–H and O–H groups in total. The molecule has 1 aromatic carbocycles. The van der Waals surface area contributed by atoms with Gasteiger partial charge < -0.3 is 10.1 Å². The first-order valence-corrected chi connectivity index (χ1v) is 8.43. The van der Waals surface area contributed by atoms with Gasteiger partial charge in [-0.1, -0.05) is 31.5 Å². The van der Waals surface area contributed by atoms with Gasteiger partial charge in [0, 0.05) is 37.6 Å². The minimum absolute atomic E-state index is 0.101. The lowest BCUT2D eigenvalue weighted by Crippen LogP contribution is -2.23. The number of para-hydroxylation sites is 1. The van der Waals surface area contributed by atoms with Gasteiger partial charge >= 0.3 is 0 Å². The van der Waals surface area contributed by atoms with E-state index in [4.69, 9.17) is 4.74 Å². The monoisotopic (exact) mass is 327 g/mol. The molecule has 0 bridgehead atoms. The Morgan fingerprint density at radius 3 is 2.83 bits per heavy atom. The zero-order valence-electron chi connectivity index (χ0n) is 14.1. The fourth-order valence-corrected chi connectivity index (χ4v) is 2.11. The summed E-state index contributed by atoms with van der Waals surface area (Å²) in [6.07, 6.45) is 9.98. The van der Waals surface area contributed by atoms with Crippen molar-refractivity contribution in [2.24, 2.45) is 0 Å². The van der Waals surface area contributed by atoms with Gasteiger partial charge in [-0.15, -0.1) is 0 Å². The number of benzene rings is 1. The first-order chi connectivity index (χ1) is 11.8. The van der Waals surface area contributed by atoms with E-state index in [0.717, 1.165) is 37.1 Å². The first-order valence-electron chi connectivity index (χ1n) is 8.43. The molecule has 2 aromatic rings. The molecular formula is C19H25N3O2. The van der Waals surface area contributed by atoms with E-state index in [1.165, 1.54) is 6.08 Å².